The van der Waals surface area contributed by atoms with Gasteiger partial charge in [0.05, 0.1) is 12.2 Å². The third-order valence-electron chi connectivity index (χ3n) is 4.93. The van der Waals surface area contributed by atoms with Gasteiger partial charge in [-0.05, 0) is 39.4 Å². The molecule has 0 spiro atoms. The lowest BCUT2D eigenvalue weighted by Gasteiger charge is -2.26. The van der Waals surface area contributed by atoms with Crippen LogP contribution in [0.25, 0.3) is 11.3 Å². The molecule has 6 heteroatoms. The molecule has 0 radical (unpaired) electrons. The van der Waals surface area contributed by atoms with E-state index >= 15 is 0 Å². The summed E-state index contributed by atoms with van der Waals surface area (Å²) in [4.78, 5) is 16.5. The average Bonchev–Trinajstić information content (AvgIpc) is 2.86. The summed E-state index contributed by atoms with van der Waals surface area (Å²) in [5.41, 5.74) is 3.71. The van der Waals surface area contributed by atoms with Crippen LogP contribution in [-0.2, 0) is 17.6 Å². The Morgan fingerprint density at radius 1 is 1.36 bits per heavy atom. The Hall–Kier alpha value is -2.21. The number of benzene rings is 1. The second-order valence-corrected chi connectivity index (χ2v) is 6.93. The lowest BCUT2D eigenvalue weighted by atomic mass is 10.0. The van der Waals surface area contributed by atoms with E-state index in [-0.39, 0.29) is 11.7 Å². The second kappa shape index (κ2) is 7.35. The smallest absolute Gasteiger partial charge is 0.236 e. The van der Waals surface area contributed by atoms with Gasteiger partial charge >= 0.3 is 0 Å². The van der Waals surface area contributed by atoms with Crippen molar-refractivity contribution in [2.24, 2.45) is 0 Å². The molecule has 25 heavy (non-hydrogen) atoms. The highest BCUT2D eigenvalue weighted by atomic mass is 19.1. The summed E-state index contributed by atoms with van der Waals surface area (Å²) in [6.45, 7) is 5.94. The fourth-order valence-corrected chi connectivity index (χ4v) is 3.10. The molecule has 1 aliphatic heterocycles. The zero-order chi connectivity index (χ0) is 18.0. The first kappa shape index (κ1) is 17.6. The molecule has 1 N–H and O–H groups in total. The second-order valence-electron chi connectivity index (χ2n) is 6.93. The number of likely N-dealkylation sites (N-methyl/N-ethyl adjacent to an activating group) is 1. The van der Waals surface area contributed by atoms with Crippen LogP contribution in [0.1, 0.15) is 25.1 Å². The molecule has 3 rings (SSSR count). The predicted octanol–water partition coefficient (Wildman–Crippen LogP) is 2.48. The van der Waals surface area contributed by atoms with Gasteiger partial charge in [0.15, 0.2) is 0 Å². The Morgan fingerprint density at radius 2 is 2.12 bits per heavy atom. The standard InChI is InChI=1S/C19H25FN4O/c1-13(2)23(3)12-18(25)24-9-7-16-17(8-10-24)21-22-19(16)14-5-4-6-15(20)11-14/h4-6,11,13H,7-10,12H2,1-3H3,(H,21,22). The van der Waals surface area contributed by atoms with Gasteiger partial charge in [0, 0.05) is 42.4 Å². The number of aromatic nitrogens is 2. The van der Waals surface area contributed by atoms with Crippen LogP contribution in [0, 0.1) is 5.82 Å². The third kappa shape index (κ3) is 3.90. The molecule has 2 heterocycles. The van der Waals surface area contributed by atoms with Crippen molar-refractivity contribution in [2.75, 3.05) is 26.7 Å². The fraction of sp³-hybridized carbons (Fsp3) is 0.474. The Kier molecular flexibility index (Phi) is 5.18. The highest BCUT2D eigenvalue weighted by Crippen LogP contribution is 2.27. The van der Waals surface area contributed by atoms with Crippen LogP contribution in [0.3, 0.4) is 0 Å². The van der Waals surface area contributed by atoms with Gasteiger partial charge in [0.2, 0.25) is 5.91 Å². The zero-order valence-electron chi connectivity index (χ0n) is 15.1. The number of amides is 1. The number of carbonyl (C=O) groups excluding carboxylic acids is 1. The van der Waals surface area contributed by atoms with Crippen LogP contribution in [0.4, 0.5) is 4.39 Å². The highest BCUT2D eigenvalue weighted by molar-refractivity contribution is 5.78. The summed E-state index contributed by atoms with van der Waals surface area (Å²) in [5.74, 6) is -0.113. The van der Waals surface area contributed by atoms with Crippen LogP contribution >= 0.6 is 0 Å². The molecule has 0 unspecified atom stereocenters. The van der Waals surface area contributed by atoms with Crippen LogP contribution < -0.4 is 0 Å². The van der Waals surface area contributed by atoms with E-state index in [4.69, 9.17) is 0 Å². The summed E-state index contributed by atoms with van der Waals surface area (Å²) in [6.07, 6.45) is 1.48. The zero-order valence-corrected chi connectivity index (χ0v) is 15.1. The molecule has 5 nitrogen and oxygen atoms in total. The maximum Gasteiger partial charge on any atom is 0.236 e. The van der Waals surface area contributed by atoms with Gasteiger partial charge in [0.25, 0.3) is 0 Å². The molecular weight excluding hydrogens is 319 g/mol. The number of H-pyrrole nitrogens is 1. The first-order valence-corrected chi connectivity index (χ1v) is 8.75. The molecule has 1 amide bonds. The number of nitrogens with zero attached hydrogens (tertiary/aromatic N) is 3. The third-order valence-corrected chi connectivity index (χ3v) is 4.93. The normalized spacial score (nSPS) is 14.7. The first-order valence-electron chi connectivity index (χ1n) is 8.75. The number of aromatic amines is 1. The monoisotopic (exact) mass is 344 g/mol. The first-order chi connectivity index (χ1) is 12.0. The maximum atomic E-state index is 13.5. The van der Waals surface area contributed by atoms with Gasteiger partial charge in [-0.25, -0.2) is 4.39 Å². The SMILES string of the molecule is CC(C)N(C)CC(=O)N1CCc2[nH]nc(-c3cccc(F)c3)c2CC1. The van der Waals surface area contributed by atoms with Crippen molar-refractivity contribution in [1.29, 1.82) is 0 Å². The number of fused-ring (bicyclic) bond motifs is 1. The quantitative estimate of drug-likeness (QED) is 0.927. The van der Waals surface area contributed by atoms with Crippen molar-refractivity contribution in [1.82, 2.24) is 20.0 Å². The molecular formula is C19H25FN4O. The number of nitrogens with one attached hydrogen (secondary N) is 1. The molecule has 0 fully saturated rings. The summed E-state index contributed by atoms with van der Waals surface area (Å²) in [7, 11) is 1.97. The van der Waals surface area contributed by atoms with Crippen molar-refractivity contribution in [3.8, 4) is 11.3 Å². The largest absolute Gasteiger partial charge is 0.341 e. The molecule has 2 aromatic rings. The van der Waals surface area contributed by atoms with Crippen molar-refractivity contribution in [3.05, 3.63) is 41.3 Å². The average molecular weight is 344 g/mol. The Morgan fingerprint density at radius 3 is 2.84 bits per heavy atom. The summed E-state index contributed by atoms with van der Waals surface area (Å²) in [5, 5.41) is 7.47. The van der Waals surface area contributed by atoms with Gasteiger partial charge in [-0.2, -0.15) is 5.10 Å². The van der Waals surface area contributed by atoms with E-state index in [0.29, 0.717) is 25.7 Å². The van der Waals surface area contributed by atoms with Crippen LogP contribution in [0.15, 0.2) is 24.3 Å². The molecule has 0 atom stereocenters. The van der Waals surface area contributed by atoms with Gasteiger partial charge < -0.3 is 4.90 Å². The summed E-state index contributed by atoms with van der Waals surface area (Å²) in [6, 6.07) is 6.83. The molecule has 0 saturated heterocycles. The van der Waals surface area contributed by atoms with Gasteiger partial charge in [-0.1, -0.05) is 12.1 Å². The molecule has 0 saturated carbocycles. The van der Waals surface area contributed by atoms with Crippen molar-refractivity contribution < 1.29 is 9.18 Å². The summed E-state index contributed by atoms with van der Waals surface area (Å²) >= 11 is 0. The van der Waals surface area contributed by atoms with E-state index in [1.54, 1.807) is 6.07 Å². The van der Waals surface area contributed by atoms with Crippen molar-refractivity contribution >= 4 is 5.91 Å². The van der Waals surface area contributed by atoms with E-state index in [2.05, 4.69) is 24.0 Å². The van der Waals surface area contributed by atoms with Crippen LogP contribution in [-0.4, -0.2) is 58.6 Å². The van der Waals surface area contributed by atoms with E-state index in [0.717, 1.165) is 35.4 Å². The van der Waals surface area contributed by atoms with Gasteiger partial charge in [-0.3, -0.25) is 14.8 Å². The van der Waals surface area contributed by atoms with Gasteiger partial charge in [0.1, 0.15) is 5.82 Å². The molecule has 0 aliphatic carbocycles. The maximum absolute atomic E-state index is 13.5. The molecule has 134 valence electrons. The van der Waals surface area contributed by atoms with E-state index in [1.807, 2.05) is 22.9 Å². The Labute approximate surface area is 147 Å². The minimum atomic E-state index is -0.267. The fourth-order valence-electron chi connectivity index (χ4n) is 3.10. The van der Waals surface area contributed by atoms with E-state index in [9.17, 15) is 9.18 Å². The van der Waals surface area contributed by atoms with Crippen LogP contribution in [0.2, 0.25) is 0 Å². The van der Waals surface area contributed by atoms with E-state index < -0.39 is 0 Å². The minimum Gasteiger partial charge on any atom is -0.341 e. The predicted molar refractivity (Wildman–Crippen MR) is 95.7 cm³/mol. The molecule has 0 bridgehead atoms. The van der Waals surface area contributed by atoms with Crippen LogP contribution in [0.5, 0.6) is 0 Å². The summed E-state index contributed by atoms with van der Waals surface area (Å²) < 4.78 is 13.5. The van der Waals surface area contributed by atoms with Crippen molar-refractivity contribution in [2.45, 2.75) is 32.7 Å². The number of hydrogen-bond donors (Lipinski definition) is 1. The Bertz CT molecular complexity index is 756. The number of hydrogen-bond acceptors (Lipinski definition) is 3. The number of rotatable bonds is 4. The topological polar surface area (TPSA) is 52.2 Å². The Balaban J connectivity index is 1.74. The number of carbonyl (C=O) groups is 1. The molecule has 1 aromatic carbocycles. The van der Waals surface area contributed by atoms with Gasteiger partial charge in [-0.15, -0.1) is 0 Å². The highest BCUT2D eigenvalue weighted by Gasteiger charge is 2.24. The number of halogens is 1. The molecule has 1 aliphatic rings. The van der Waals surface area contributed by atoms with Crippen molar-refractivity contribution in [3.63, 3.8) is 0 Å². The minimum absolute atomic E-state index is 0.154. The molecule has 1 aromatic heterocycles. The lowest BCUT2D eigenvalue weighted by molar-refractivity contribution is -0.132. The van der Waals surface area contributed by atoms with E-state index in [1.165, 1.54) is 12.1 Å². The lowest BCUT2D eigenvalue weighted by Crippen LogP contribution is -2.42.